The third-order valence-corrected chi connectivity index (χ3v) is 11.8. The first kappa shape index (κ1) is 39.6. The Morgan fingerprint density at radius 3 is 2.00 bits per heavy atom. The second-order valence-corrected chi connectivity index (χ2v) is 16.2. The van der Waals surface area contributed by atoms with Crippen LogP contribution >= 0.6 is 11.6 Å². The van der Waals surface area contributed by atoms with Crippen LogP contribution in [0.1, 0.15) is 97.6 Å². The Labute approximate surface area is 323 Å². The lowest BCUT2D eigenvalue weighted by Crippen LogP contribution is -2.28. The van der Waals surface area contributed by atoms with E-state index in [0.29, 0.717) is 0 Å². The lowest BCUT2D eigenvalue weighted by molar-refractivity contribution is -0.438. The van der Waals surface area contributed by atoms with Crippen molar-refractivity contribution >= 4 is 57.5 Å². The summed E-state index contributed by atoms with van der Waals surface area (Å²) in [6, 6.07) is 27.0. The summed E-state index contributed by atoms with van der Waals surface area (Å²) >= 11 is 7.33. The van der Waals surface area contributed by atoms with E-state index in [0.717, 1.165) is 50.2 Å². The van der Waals surface area contributed by atoms with Gasteiger partial charge in [0.2, 0.25) is 5.69 Å². The van der Waals surface area contributed by atoms with E-state index in [-0.39, 0.29) is 10.8 Å². The molecule has 3 aliphatic rings. The lowest BCUT2D eigenvalue weighted by atomic mass is 9.78. The van der Waals surface area contributed by atoms with Crippen LogP contribution in [0.4, 0.5) is 28.6 Å². The fraction of sp³-hybridized carbons (Fsp3) is 0.370. The summed E-state index contributed by atoms with van der Waals surface area (Å²) in [6.45, 7) is 16.2. The van der Waals surface area contributed by atoms with Crippen molar-refractivity contribution in [3.05, 3.63) is 130 Å². The zero-order chi connectivity index (χ0) is 38.8. The lowest BCUT2D eigenvalue weighted by Gasteiger charge is -2.27. The van der Waals surface area contributed by atoms with E-state index in [4.69, 9.17) is 11.6 Å². The summed E-state index contributed by atoms with van der Waals surface area (Å²) in [5.74, 6) is 0. The van der Waals surface area contributed by atoms with Crippen LogP contribution < -0.4 is 4.90 Å². The SMILES string of the molecule is CCCCN1/C(=C\C=C2/CCCC(/C=C/C3=[N+](CCCC)c4ccc5ccccc5c4C3(C)C)=C2Cl)C(C)(C)c2c1ccc1ccccc21.F[B-](F)(F)F. The van der Waals surface area contributed by atoms with Gasteiger partial charge in [0.25, 0.3) is 0 Å². The summed E-state index contributed by atoms with van der Waals surface area (Å²) in [6.07, 6.45) is 17.2. The van der Waals surface area contributed by atoms with Gasteiger partial charge in [-0.2, -0.15) is 4.58 Å². The van der Waals surface area contributed by atoms with Crippen molar-refractivity contribution in [2.24, 2.45) is 0 Å². The monoisotopic (exact) mass is 754 g/mol. The zero-order valence-electron chi connectivity index (χ0n) is 32.5. The normalized spacial score (nSPS) is 19.4. The van der Waals surface area contributed by atoms with Crippen molar-refractivity contribution in [3.8, 4) is 0 Å². The average molecular weight is 755 g/mol. The summed E-state index contributed by atoms with van der Waals surface area (Å²) in [5.41, 5.74) is 10.6. The molecule has 7 rings (SSSR count). The first-order chi connectivity index (χ1) is 25.7. The van der Waals surface area contributed by atoms with Crippen LogP contribution in [-0.4, -0.2) is 30.6 Å². The van der Waals surface area contributed by atoms with Crippen molar-refractivity contribution in [1.29, 1.82) is 0 Å². The molecule has 4 aromatic carbocycles. The fourth-order valence-electron chi connectivity index (χ4n) is 8.75. The summed E-state index contributed by atoms with van der Waals surface area (Å²) in [7, 11) is -6.00. The number of fused-ring (bicyclic) bond motifs is 6. The molecule has 0 bridgehead atoms. The fourth-order valence-corrected chi connectivity index (χ4v) is 9.07. The van der Waals surface area contributed by atoms with E-state index in [9.17, 15) is 17.3 Å². The molecular formula is C46H52BClF4N2. The highest BCUT2D eigenvalue weighted by atomic mass is 35.5. The van der Waals surface area contributed by atoms with Crippen LogP contribution in [0.25, 0.3) is 21.5 Å². The maximum absolute atomic E-state index is 9.75. The molecule has 2 heterocycles. The van der Waals surface area contributed by atoms with Crippen LogP contribution in [0, 0.1) is 0 Å². The topological polar surface area (TPSA) is 6.25 Å². The Bertz CT molecular complexity index is 2200. The predicted octanol–water partition coefficient (Wildman–Crippen LogP) is 14.1. The van der Waals surface area contributed by atoms with Gasteiger partial charge in [0, 0.05) is 52.5 Å². The van der Waals surface area contributed by atoms with Crippen molar-refractivity contribution in [2.45, 2.75) is 97.3 Å². The number of halogens is 5. The molecular weight excluding hydrogens is 703 g/mol. The van der Waals surface area contributed by atoms with Crippen LogP contribution in [0.2, 0.25) is 0 Å². The van der Waals surface area contributed by atoms with Gasteiger partial charge in [-0.1, -0.05) is 119 Å². The molecule has 0 N–H and O–H groups in total. The minimum absolute atomic E-state index is 0.111. The van der Waals surface area contributed by atoms with E-state index < -0.39 is 7.25 Å². The van der Waals surface area contributed by atoms with Gasteiger partial charge in [0.15, 0.2) is 5.71 Å². The second kappa shape index (κ2) is 15.9. The minimum atomic E-state index is -6.00. The van der Waals surface area contributed by atoms with Crippen LogP contribution in [-0.2, 0) is 10.8 Å². The molecule has 0 spiro atoms. The van der Waals surface area contributed by atoms with Crippen molar-refractivity contribution in [2.75, 3.05) is 18.0 Å². The van der Waals surface area contributed by atoms with Crippen LogP contribution in [0.5, 0.6) is 0 Å². The number of anilines is 1. The number of hydrogen-bond donors (Lipinski definition) is 0. The van der Waals surface area contributed by atoms with Crippen molar-refractivity contribution < 1.29 is 21.8 Å². The number of nitrogens with zero attached hydrogens (tertiary/aromatic N) is 2. The van der Waals surface area contributed by atoms with Crippen molar-refractivity contribution in [3.63, 3.8) is 0 Å². The molecule has 0 radical (unpaired) electrons. The predicted molar refractivity (Wildman–Crippen MR) is 223 cm³/mol. The molecule has 2 aliphatic heterocycles. The molecule has 8 heteroatoms. The molecule has 0 fully saturated rings. The van der Waals surface area contributed by atoms with Gasteiger partial charge in [0.05, 0.1) is 5.41 Å². The van der Waals surface area contributed by atoms with E-state index in [1.807, 2.05) is 0 Å². The smallest absolute Gasteiger partial charge is 0.418 e. The first-order valence-electron chi connectivity index (χ1n) is 19.5. The quantitative estimate of drug-likeness (QED) is 0.0937. The summed E-state index contributed by atoms with van der Waals surface area (Å²) in [5, 5.41) is 6.28. The van der Waals surface area contributed by atoms with Gasteiger partial charge < -0.3 is 22.2 Å². The zero-order valence-corrected chi connectivity index (χ0v) is 33.2. The Kier molecular flexibility index (Phi) is 11.7. The minimum Gasteiger partial charge on any atom is -0.418 e. The molecule has 0 unspecified atom stereocenters. The standard InChI is InChI=1S/C46H52ClN2.BF4/c1-7-9-30-48-38-26-22-32-16-11-13-20-36(32)42(38)45(3,4)40(48)28-24-34-18-15-19-35(44(34)47)25-29-41-46(5,6)43-37-21-14-12-17-33(37)23-27-39(43)49(41)31-10-8-2;2-1(3,4)5/h11-14,16-17,20-29H,7-10,15,18-19,30-31H2,1-6H3;/q+1;-1. The molecule has 0 saturated heterocycles. The Hall–Kier alpha value is -4.10. The molecule has 0 amide bonds. The molecule has 54 heavy (non-hydrogen) atoms. The average Bonchev–Trinajstić information content (AvgIpc) is 3.49. The summed E-state index contributed by atoms with van der Waals surface area (Å²) in [4.78, 5) is 2.58. The molecule has 4 aromatic rings. The van der Waals surface area contributed by atoms with E-state index >= 15 is 0 Å². The van der Waals surface area contributed by atoms with Crippen molar-refractivity contribution in [1.82, 2.24) is 0 Å². The Morgan fingerprint density at radius 1 is 0.741 bits per heavy atom. The number of rotatable bonds is 9. The second-order valence-electron chi connectivity index (χ2n) is 15.8. The largest absolute Gasteiger partial charge is 0.673 e. The van der Waals surface area contributed by atoms with E-state index in [1.165, 1.54) is 79.4 Å². The number of hydrogen-bond acceptors (Lipinski definition) is 1. The Morgan fingerprint density at radius 2 is 1.35 bits per heavy atom. The summed E-state index contributed by atoms with van der Waals surface area (Å²) < 4.78 is 41.6. The van der Waals surface area contributed by atoms with Gasteiger partial charge in [-0.3, -0.25) is 0 Å². The third kappa shape index (κ3) is 7.85. The van der Waals surface area contributed by atoms with Gasteiger partial charge in [0.1, 0.15) is 6.54 Å². The number of benzene rings is 4. The highest BCUT2D eigenvalue weighted by Crippen LogP contribution is 2.51. The van der Waals surface area contributed by atoms with E-state index in [2.05, 4.69) is 148 Å². The molecule has 0 saturated carbocycles. The highest BCUT2D eigenvalue weighted by Gasteiger charge is 2.45. The van der Waals surface area contributed by atoms with Gasteiger partial charge in [-0.25, -0.2) is 0 Å². The van der Waals surface area contributed by atoms with Crippen LogP contribution in [0.3, 0.4) is 0 Å². The first-order valence-corrected chi connectivity index (χ1v) is 19.9. The number of unbranched alkanes of at least 4 members (excludes halogenated alkanes) is 2. The molecule has 0 aromatic heterocycles. The molecule has 284 valence electrons. The van der Waals surface area contributed by atoms with Gasteiger partial charge >= 0.3 is 7.25 Å². The highest BCUT2D eigenvalue weighted by molar-refractivity contribution is 6.50. The number of allylic oxidation sites excluding steroid dienone is 8. The van der Waals surface area contributed by atoms with Gasteiger partial charge in [-0.15, -0.1) is 0 Å². The van der Waals surface area contributed by atoms with Crippen LogP contribution in [0.15, 0.2) is 119 Å². The molecule has 1 aliphatic carbocycles. The molecule has 2 nitrogen and oxygen atoms in total. The third-order valence-electron chi connectivity index (χ3n) is 11.3. The Balaban J connectivity index is 0.000000934. The van der Waals surface area contributed by atoms with E-state index in [1.54, 1.807) is 0 Å². The maximum Gasteiger partial charge on any atom is 0.673 e. The van der Waals surface area contributed by atoms with Gasteiger partial charge in [-0.05, 0) is 96.0 Å². The molecule has 0 atom stereocenters. The maximum atomic E-state index is 9.75.